The predicted octanol–water partition coefficient (Wildman–Crippen LogP) is 3.44. The molecule has 0 spiro atoms. The number of thiazole rings is 1. The van der Waals surface area contributed by atoms with Gasteiger partial charge in [-0.3, -0.25) is 9.59 Å². The molecule has 2 fully saturated rings. The Morgan fingerprint density at radius 2 is 2.00 bits per heavy atom. The van der Waals surface area contributed by atoms with E-state index in [4.69, 9.17) is 0 Å². The molecule has 25 heavy (non-hydrogen) atoms. The molecule has 0 saturated heterocycles. The monoisotopic (exact) mass is 379 g/mol. The van der Waals surface area contributed by atoms with Crippen LogP contribution in [0.4, 0.5) is 5.13 Å². The van der Waals surface area contributed by atoms with Gasteiger partial charge in [0, 0.05) is 29.0 Å². The Balaban J connectivity index is 1.31. The highest BCUT2D eigenvalue weighted by Gasteiger charge is 2.28. The lowest BCUT2D eigenvalue weighted by Crippen LogP contribution is -2.36. The van der Waals surface area contributed by atoms with E-state index in [0.29, 0.717) is 22.7 Å². The summed E-state index contributed by atoms with van der Waals surface area (Å²) in [6.07, 6.45) is 9.11. The third-order valence-electron chi connectivity index (χ3n) is 5.53. The summed E-state index contributed by atoms with van der Waals surface area (Å²) >= 11 is 3.37. The van der Waals surface area contributed by atoms with E-state index >= 15 is 0 Å². The van der Waals surface area contributed by atoms with Crippen molar-refractivity contribution in [3.05, 3.63) is 10.6 Å². The number of rotatable bonds is 5. The van der Waals surface area contributed by atoms with Crippen LogP contribution in [-0.4, -0.2) is 39.2 Å². The lowest BCUT2D eigenvalue weighted by molar-refractivity contribution is -0.129. The number of fused-ring (bicyclic) bond motifs is 1. The summed E-state index contributed by atoms with van der Waals surface area (Å²) in [7, 11) is 0. The summed E-state index contributed by atoms with van der Waals surface area (Å²) in [6, 6.07) is 0. The van der Waals surface area contributed by atoms with Gasteiger partial charge in [0.15, 0.2) is 5.13 Å². The number of carbonyl (C=O) groups excluding carboxylic acids is 2. The van der Waals surface area contributed by atoms with Gasteiger partial charge in [0.05, 0.1) is 18.0 Å². The van der Waals surface area contributed by atoms with Crippen molar-refractivity contribution in [2.24, 2.45) is 5.92 Å². The molecule has 0 aromatic carbocycles. The first-order chi connectivity index (χ1) is 12.2. The fourth-order valence-electron chi connectivity index (χ4n) is 3.68. The second-order valence-electron chi connectivity index (χ2n) is 7.29. The molecule has 136 valence electrons. The average Bonchev–Trinajstić information content (AvgIpc) is 3.18. The molecular formula is C18H25N3O2S2. The van der Waals surface area contributed by atoms with Crippen LogP contribution in [0.25, 0.3) is 0 Å². The molecule has 1 aromatic heterocycles. The summed E-state index contributed by atoms with van der Waals surface area (Å²) < 4.78 is 0. The number of anilines is 1. The largest absolute Gasteiger partial charge is 0.336 e. The normalized spacial score (nSPS) is 21.0. The lowest BCUT2D eigenvalue weighted by atomic mass is 9.85. The van der Waals surface area contributed by atoms with Crippen molar-refractivity contribution < 1.29 is 9.59 Å². The highest BCUT2D eigenvalue weighted by Crippen LogP contribution is 2.33. The quantitative estimate of drug-likeness (QED) is 0.851. The summed E-state index contributed by atoms with van der Waals surface area (Å²) in [5.41, 5.74) is 1.06. The van der Waals surface area contributed by atoms with Gasteiger partial charge in [-0.05, 0) is 25.7 Å². The van der Waals surface area contributed by atoms with Gasteiger partial charge in [-0.1, -0.05) is 30.6 Å². The Labute approximate surface area is 157 Å². The molecule has 0 radical (unpaired) electrons. The van der Waals surface area contributed by atoms with Crippen molar-refractivity contribution >= 4 is 40.0 Å². The maximum atomic E-state index is 12.5. The first-order valence-electron chi connectivity index (χ1n) is 9.38. The van der Waals surface area contributed by atoms with Crippen molar-refractivity contribution in [3.8, 4) is 0 Å². The van der Waals surface area contributed by atoms with Crippen LogP contribution in [0.1, 0.15) is 55.5 Å². The number of carbonyl (C=O) groups is 2. The van der Waals surface area contributed by atoms with E-state index in [0.717, 1.165) is 42.8 Å². The maximum Gasteiger partial charge on any atom is 0.232 e. The minimum atomic E-state index is 0.109. The molecule has 4 rings (SSSR count). The first kappa shape index (κ1) is 17.3. The number of nitrogens with zero attached hydrogens (tertiary/aromatic N) is 2. The molecule has 1 N–H and O–H groups in total. The van der Waals surface area contributed by atoms with Gasteiger partial charge in [-0.2, -0.15) is 0 Å². The second kappa shape index (κ2) is 7.66. The van der Waals surface area contributed by atoms with Gasteiger partial charge in [-0.15, -0.1) is 11.8 Å². The first-order valence-corrected chi connectivity index (χ1v) is 11.2. The standard InChI is InChI=1S/C18H25N3O2S2/c22-16(11-24-13-6-1-2-7-13)21-9-8-14-15(10-21)25-18(19-14)20-17(23)12-4-3-5-12/h12-13H,1-11H2,(H,19,20,23). The molecule has 0 bridgehead atoms. The number of amides is 2. The minimum Gasteiger partial charge on any atom is -0.336 e. The molecule has 7 heteroatoms. The van der Waals surface area contributed by atoms with Gasteiger partial charge in [0.1, 0.15) is 0 Å². The summed E-state index contributed by atoms with van der Waals surface area (Å²) in [5, 5.41) is 4.35. The Hall–Kier alpha value is -1.08. The van der Waals surface area contributed by atoms with E-state index in [2.05, 4.69) is 10.3 Å². The lowest BCUT2D eigenvalue weighted by Gasteiger charge is -2.26. The van der Waals surface area contributed by atoms with Gasteiger partial charge in [-0.25, -0.2) is 4.98 Å². The number of nitrogens with one attached hydrogen (secondary N) is 1. The maximum absolute atomic E-state index is 12.5. The summed E-state index contributed by atoms with van der Waals surface area (Å²) in [6.45, 7) is 1.40. The van der Waals surface area contributed by atoms with Crippen LogP contribution < -0.4 is 5.32 Å². The van der Waals surface area contributed by atoms with Crippen molar-refractivity contribution in [1.29, 1.82) is 0 Å². The molecule has 5 nitrogen and oxygen atoms in total. The zero-order valence-electron chi connectivity index (χ0n) is 14.5. The fraction of sp³-hybridized carbons (Fsp3) is 0.722. The van der Waals surface area contributed by atoms with E-state index in [1.54, 1.807) is 0 Å². The number of aromatic nitrogens is 1. The SMILES string of the molecule is O=C(Nc1nc2c(s1)CN(C(=O)CSC1CCCC1)CC2)C1CCC1. The van der Waals surface area contributed by atoms with Gasteiger partial charge in [0.2, 0.25) is 11.8 Å². The van der Waals surface area contributed by atoms with Gasteiger partial charge >= 0.3 is 0 Å². The highest BCUT2D eigenvalue weighted by atomic mass is 32.2. The van der Waals surface area contributed by atoms with E-state index in [1.807, 2.05) is 16.7 Å². The van der Waals surface area contributed by atoms with Crippen LogP contribution in [-0.2, 0) is 22.6 Å². The zero-order valence-corrected chi connectivity index (χ0v) is 16.1. The van der Waals surface area contributed by atoms with E-state index in [-0.39, 0.29) is 17.7 Å². The van der Waals surface area contributed by atoms with Crippen LogP contribution >= 0.6 is 23.1 Å². The second-order valence-corrected chi connectivity index (χ2v) is 9.66. The molecule has 1 aliphatic heterocycles. The van der Waals surface area contributed by atoms with Crippen LogP contribution in [0, 0.1) is 5.92 Å². The average molecular weight is 380 g/mol. The van der Waals surface area contributed by atoms with Crippen LogP contribution in [0.15, 0.2) is 0 Å². The molecule has 0 unspecified atom stereocenters. The van der Waals surface area contributed by atoms with Crippen molar-refractivity contribution in [2.45, 2.75) is 63.2 Å². The van der Waals surface area contributed by atoms with E-state index < -0.39 is 0 Å². The zero-order chi connectivity index (χ0) is 17.2. The third-order valence-corrected chi connectivity index (χ3v) is 7.89. The molecule has 2 saturated carbocycles. The van der Waals surface area contributed by atoms with E-state index in [1.165, 1.54) is 37.0 Å². The third kappa shape index (κ3) is 4.03. The number of hydrogen-bond donors (Lipinski definition) is 1. The van der Waals surface area contributed by atoms with Crippen molar-refractivity contribution in [2.75, 3.05) is 17.6 Å². The molecule has 2 amide bonds. The molecule has 0 atom stereocenters. The Kier molecular flexibility index (Phi) is 5.31. The minimum absolute atomic E-state index is 0.109. The Morgan fingerprint density at radius 3 is 2.72 bits per heavy atom. The molecule has 3 aliphatic rings. The van der Waals surface area contributed by atoms with Crippen LogP contribution in [0.3, 0.4) is 0 Å². The van der Waals surface area contributed by atoms with Gasteiger partial charge in [0.25, 0.3) is 0 Å². The highest BCUT2D eigenvalue weighted by molar-refractivity contribution is 8.00. The number of hydrogen-bond acceptors (Lipinski definition) is 5. The molecule has 2 aliphatic carbocycles. The Morgan fingerprint density at radius 1 is 1.20 bits per heavy atom. The molecular weight excluding hydrogens is 354 g/mol. The molecule has 1 aromatic rings. The topological polar surface area (TPSA) is 62.3 Å². The van der Waals surface area contributed by atoms with E-state index in [9.17, 15) is 9.59 Å². The summed E-state index contributed by atoms with van der Waals surface area (Å²) in [4.78, 5) is 32.3. The predicted molar refractivity (Wildman–Crippen MR) is 102 cm³/mol. The van der Waals surface area contributed by atoms with Crippen molar-refractivity contribution in [3.63, 3.8) is 0 Å². The summed E-state index contributed by atoms with van der Waals surface area (Å²) in [5.74, 6) is 1.13. The van der Waals surface area contributed by atoms with Crippen LogP contribution in [0.2, 0.25) is 0 Å². The molecule has 2 heterocycles. The smallest absolute Gasteiger partial charge is 0.232 e. The van der Waals surface area contributed by atoms with Crippen LogP contribution in [0.5, 0.6) is 0 Å². The Bertz CT molecular complexity index is 651. The van der Waals surface area contributed by atoms with Crippen molar-refractivity contribution in [1.82, 2.24) is 9.88 Å². The fourth-order valence-corrected chi connectivity index (χ4v) is 5.93. The number of thioether (sulfide) groups is 1. The van der Waals surface area contributed by atoms with Gasteiger partial charge < -0.3 is 10.2 Å².